The van der Waals surface area contributed by atoms with Crippen LogP contribution in [0.1, 0.15) is 5.56 Å². The third-order valence-electron chi connectivity index (χ3n) is 4.14. The highest BCUT2D eigenvalue weighted by Crippen LogP contribution is 2.08. The van der Waals surface area contributed by atoms with Gasteiger partial charge in [0.15, 0.2) is 0 Å². The zero-order valence-electron chi connectivity index (χ0n) is 13.8. The molecule has 0 bridgehead atoms. The maximum Gasteiger partial charge on any atom is 0.0340 e. The van der Waals surface area contributed by atoms with Gasteiger partial charge in [-0.15, -0.1) is 0 Å². The Kier molecular flexibility index (Phi) is 6.49. The highest BCUT2D eigenvalue weighted by molar-refractivity contribution is 5.44. The molecule has 0 spiro atoms. The average Bonchev–Trinajstić information content (AvgIpc) is 2.48. The van der Waals surface area contributed by atoms with E-state index in [-0.39, 0.29) is 0 Å². The molecule has 0 amide bonds. The lowest BCUT2D eigenvalue weighted by Crippen LogP contribution is -2.48. The Morgan fingerprint density at radius 1 is 0.952 bits per heavy atom. The molecule has 1 aliphatic rings. The quantitative estimate of drug-likeness (QED) is 0.823. The van der Waals surface area contributed by atoms with Crippen LogP contribution in [-0.4, -0.2) is 81.2 Å². The number of piperazine rings is 1. The lowest BCUT2D eigenvalue weighted by atomic mass is 10.2. The van der Waals surface area contributed by atoms with Crippen LogP contribution in [-0.2, 0) is 0 Å². The third-order valence-corrected chi connectivity index (χ3v) is 4.14. The summed E-state index contributed by atoms with van der Waals surface area (Å²) in [6.07, 6.45) is 0. The average molecular weight is 290 g/mol. The van der Waals surface area contributed by atoms with Crippen molar-refractivity contribution >= 4 is 5.69 Å². The molecule has 0 saturated carbocycles. The number of hydrogen-bond acceptors (Lipinski definition) is 4. The first-order valence-electron chi connectivity index (χ1n) is 8.03. The van der Waals surface area contributed by atoms with Crippen LogP contribution in [0.25, 0.3) is 0 Å². The van der Waals surface area contributed by atoms with Gasteiger partial charge in [-0.25, -0.2) is 0 Å². The maximum atomic E-state index is 3.51. The van der Waals surface area contributed by atoms with Crippen molar-refractivity contribution in [3.8, 4) is 0 Å². The van der Waals surface area contributed by atoms with E-state index in [1.54, 1.807) is 0 Å². The molecule has 0 aromatic heterocycles. The summed E-state index contributed by atoms with van der Waals surface area (Å²) >= 11 is 0. The molecule has 1 N–H and O–H groups in total. The molecule has 4 heteroatoms. The minimum Gasteiger partial charge on any atom is -0.384 e. The molecule has 118 valence electrons. The summed E-state index contributed by atoms with van der Waals surface area (Å²) in [5, 5.41) is 3.51. The second-order valence-corrected chi connectivity index (χ2v) is 6.28. The van der Waals surface area contributed by atoms with Gasteiger partial charge >= 0.3 is 0 Å². The zero-order valence-corrected chi connectivity index (χ0v) is 13.8. The number of rotatable bonds is 7. The molecule has 1 saturated heterocycles. The highest BCUT2D eigenvalue weighted by Gasteiger charge is 2.15. The van der Waals surface area contributed by atoms with Crippen LogP contribution >= 0.6 is 0 Å². The van der Waals surface area contributed by atoms with Gasteiger partial charge in [0.25, 0.3) is 0 Å². The van der Waals surface area contributed by atoms with E-state index in [0.29, 0.717) is 0 Å². The number of benzene rings is 1. The molecule has 1 heterocycles. The van der Waals surface area contributed by atoms with Crippen LogP contribution in [0.15, 0.2) is 24.3 Å². The van der Waals surface area contributed by atoms with Gasteiger partial charge in [-0.05, 0) is 33.2 Å². The standard InChI is InChI=1S/C17H30N4/c1-16-4-6-17(7-5-16)18-8-9-20-12-14-21(15-13-20)11-10-19(2)3/h4-7,18H,8-15H2,1-3H3. The summed E-state index contributed by atoms with van der Waals surface area (Å²) in [6.45, 7) is 11.5. The predicted octanol–water partition coefficient (Wildman–Crippen LogP) is 1.59. The largest absolute Gasteiger partial charge is 0.384 e. The van der Waals surface area contributed by atoms with Crippen molar-refractivity contribution in [2.45, 2.75) is 6.92 Å². The molecule has 1 fully saturated rings. The van der Waals surface area contributed by atoms with Gasteiger partial charge in [-0.3, -0.25) is 9.80 Å². The zero-order chi connectivity index (χ0) is 15.1. The van der Waals surface area contributed by atoms with Gasteiger partial charge in [-0.1, -0.05) is 17.7 Å². The van der Waals surface area contributed by atoms with Crippen LogP contribution in [0.2, 0.25) is 0 Å². The Bertz CT molecular complexity index is 394. The Labute approximate surface area is 129 Å². The van der Waals surface area contributed by atoms with E-state index in [1.807, 2.05) is 0 Å². The third kappa shape index (κ3) is 6.04. The van der Waals surface area contributed by atoms with Crippen LogP contribution in [0.5, 0.6) is 0 Å². The summed E-state index contributed by atoms with van der Waals surface area (Å²) in [6, 6.07) is 8.64. The van der Waals surface area contributed by atoms with Gasteiger partial charge in [0.1, 0.15) is 0 Å². The molecule has 2 rings (SSSR count). The van der Waals surface area contributed by atoms with Gasteiger partial charge in [0, 0.05) is 58.0 Å². The van der Waals surface area contributed by atoms with E-state index >= 15 is 0 Å². The SMILES string of the molecule is Cc1ccc(NCCN2CCN(CCN(C)C)CC2)cc1. The Balaban J connectivity index is 1.59. The lowest BCUT2D eigenvalue weighted by Gasteiger charge is -2.35. The molecule has 1 aromatic rings. The molecule has 1 aromatic carbocycles. The van der Waals surface area contributed by atoms with Crippen LogP contribution in [0, 0.1) is 6.92 Å². The Hall–Kier alpha value is -1.10. The monoisotopic (exact) mass is 290 g/mol. The smallest absolute Gasteiger partial charge is 0.0340 e. The summed E-state index contributed by atoms with van der Waals surface area (Å²) in [5.41, 5.74) is 2.54. The first kappa shape index (κ1) is 16.3. The van der Waals surface area contributed by atoms with E-state index in [9.17, 15) is 0 Å². The minimum absolute atomic E-state index is 1.03. The maximum absolute atomic E-state index is 3.51. The number of aryl methyl sites for hydroxylation is 1. The molecule has 0 atom stereocenters. The first-order chi connectivity index (χ1) is 10.1. The van der Waals surface area contributed by atoms with E-state index in [1.165, 1.54) is 44.0 Å². The fourth-order valence-corrected chi connectivity index (χ4v) is 2.61. The van der Waals surface area contributed by atoms with E-state index < -0.39 is 0 Å². The highest BCUT2D eigenvalue weighted by atomic mass is 15.3. The molecule has 1 aliphatic heterocycles. The van der Waals surface area contributed by atoms with E-state index in [2.05, 4.69) is 65.3 Å². The summed E-state index contributed by atoms with van der Waals surface area (Å²) < 4.78 is 0. The van der Waals surface area contributed by atoms with Crippen molar-refractivity contribution in [2.24, 2.45) is 0 Å². The topological polar surface area (TPSA) is 21.8 Å². The normalized spacial score (nSPS) is 17.3. The molecule has 0 unspecified atom stereocenters. The Morgan fingerprint density at radius 2 is 1.52 bits per heavy atom. The molecule has 4 nitrogen and oxygen atoms in total. The first-order valence-corrected chi connectivity index (χ1v) is 8.03. The number of nitrogens with one attached hydrogen (secondary N) is 1. The number of anilines is 1. The van der Waals surface area contributed by atoms with Crippen molar-refractivity contribution in [3.05, 3.63) is 29.8 Å². The van der Waals surface area contributed by atoms with Crippen molar-refractivity contribution in [2.75, 3.05) is 71.8 Å². The van der Waals surface area contributed by atoms with Crippen molar-refractivity contribution < 1.29 is 0 Å². The van der Waals surface area contributed by atoms with E-state index in [0.717, 1.165) is 19.6 Å². The lowest BCUT2D eigenvalue weighted by molar-refractivity contribution is 0.128. The van der Waals surface area contributed by atoms with Gasteiger partial charge in [-0.2, -0.15) is 0 Å². The molecule has 21 heavy (non-hydrogen) atoms. The molecular weight excluding hydrogens is 260 g/mol. The second kappa shape index (κ2) is 8.37. The summed E-state index contributed by atoms with van der Waals surface area (Å²) in [7, 11) is 4.29. The molecule has 0 radical (unpaired) electrons. The minimum atomic E-state index is 1.03. The number of likely N-dealkylation sites (N-methyl/N-ethyl adjacent to an activating group) is 1. The summed E-state index contributed by atoms with van der Waals surface area (Å²) in [4.78, 5) is 7.40. The Morgan fingerprint density at radius 3 is 2.10 bits per heavy atom. The van der Waals surface area contributed by atoms with Gasteiger partial charge in [0.2, 0.25) is 0 Å². The fraction of sp³-hybridized carbons (Fsp3) is 0.647. The molecular formula is C17H30N4. The second-order valence-electron chi connectivity index (χ2n) is 6.28. The van der Waals surface area contributed by atoms with Crippen molar-refractivity contribution in [3.63, 3.8) is 0 Å². The van der Waals surface area contributed by atoms with Crippen LogP contribution in [0.3, 0.4) is 0 Å². The van der Waals surface area contributed by atoms with Crippen LogP contribution in [0.4, 0.5) is 5.69 Å². The predicted molar refractivity (Wildman–Crippen MR) is 91.1 cm³/mol. The van der Waals surface area contributed by atoms with Crippen molar-refractivity contribution in [1.29, 1.82) is 0 Å². The van der Waals surface area contributed by atoms with Crippen LogP contribution < -0.4 is 5.32 Å². The van der Waals surface area contributed by atoms with Crippen molar-refractivity contribution in [1.82, 2.24) is 14.7 Å². The molecule has 0 aliphatic carbocycles. The van der Waals surface area contributed by atoms with E-state index in [4.69, 9.17) is 0 Å². The number of hydrogen-bond donors (Lipinski definition) is 1. The fourth-order valence-electron chi connectivity index (χ4n) is 2.61. The number of nitrogens with zero attached hydrogens (tertiary/aromatic N) is 3. The van der Waals surface area contributed by atoms with Gasteiger partial charge in [0.05, 0.1) is 0 Å². The van der Waals surface area contributed by atoms with Gasteiger partial charge < -0.3 is 10.2 Å². The summed E-state index contributed by atoms with van der Waals surface area (Å²) in [5.74, 6) is 0.